The van der Waals surface area contributed by atoms with Crippen molar-refractivity contribution < 1.29 is 33.0 Å². The minimum Gasteiger partial charge on any atom is -0.497 e. The molecule has 0 atom stereocenters. The van der Waals surface area contributed by atoms with Crippen LogP contribution in [0.2, 0.25) is 0 Å². The number of methoxy groups -OCH3 is 3. The fraction of sp³-hybridized carbons (Fsp3) is 0.312. The molecule has 41 heavy (non-hydrogen) atoms. The van der Waals surface area contributed by atoms with Crippen molar-refractivity contribution >= 4 is 28.6 Å². The van der Waals surface area contributed by atoms with Crippen LogP contribution in [0.4, 0.5) is 5.69 Å². The van der Waals surface area contributed by atoms with E-state index in [9.17, 15) is 9.59 Å². The van der Waals surface area contributed by atoms with E-state index in [1.807, 2.05) is 82.6 Å². The summed E-state index contributed by atoms with van der Waals surface area (Å²) in [5.74, 6) is 1.62. The molecular weight excluding hydrogens is 524 g/mol. The zero-order chi connectivity index (χ0) is 29.2. The zero-order valence-corrected chi connectivity index (χ0v) is 23.9. The molecule has 1 aromatic heterocycles. The largest absolute Gasteiger partial charge is 0.497 e. The molecule has 216 valence electrons. The van der Waals surface area contributed by atoms with Crippen LogP contribution in [0.25, 0.3) is 11.0 Å². The van der Waals surface area contributed by atoms with Crippen molar-refractivity contribution in [3.05, 3.63) is 89.7 Å². The fourth-order valence-electron chi connectivity index (χ4n) is 4.54. The summed E-state index contributed by atoms with van der Waals surface area (Å²) < 4.78 is 26.8. The first kappa shape index (κ1) is 29.5. The number of carbonyl (C=O) groups is 2. The standard InChI is InChI=1S/C32H36N2O7/c1-5-40-32(36)22-34(19-24-8-13-28(38-3)14-9-24)26-10-15-30-25(16-26)17-29(41-30)20-33(21-31(35)39-4)18-23-6-11-27(37-2)12-7-23/h6-17H,5,18-22H2,1-4H3. The number of fused-ring (bicyclic) bond motifs is 1. The lowest BCUT2D eigenvalue weighted by molar-refractivity contribution is -0.142. The van der Waals surface area contributed by atoms with Gasteiger partial charge in [-0.05, 0) is 66.6 Å². The summed E-state index contributed by atoms with van der Waals surface area (Å²) >= 11 is 0. The molecule has 4 aromatic rings. The number of ether oxygens (including phenoxy) is 4. The molecule has 0 fully saturated rings. The van der Waals surface area contributed by atoms with Crippen molar-refractivity contribution in [1.82, 2.24) is 4.90 Å². The van der Waals surface area contributed by atoms with Gasteiger partial charge in [-0.3, -0.25) is 14.5 Å². The van der Waals surface area contributed by atoms with Crippen LogP contribution in [0.5, 0.6) is 11.5 Å². The summed E-state index contributed by atoms with van der Waals surface area (Å²) in [5, 5.41) is 0.892. The third-order valence-electron chi connectivity index (χ3n) is 6.60. The van der Waals surface area contributed by atoms with Gasteiger partial charge in [0.05, 0.1) is 41.0 Å². The Morgan fingerprint density at radius 3 is 1.95 bits per heavy atom. The Balaban J connectivity index is 1.56. The highest BCUT2D eigenvalue weighted by atomic mass is 16.5. The van der Waals surface area contributed by atoms with E-state index >= 15 is 0 Å². The van der Waals surface area contributed by atoms with Gasteiger partial charge in [0.2, 0.25) is 0 Å². The number of rotatable bonds is 14. The monoisotopic (exact) mass is 560 g/mol. The number of nitrogens with zero attached hydrogens (tertiary/aromatic N) is 2. The van der Waals surface area contributed by atoms with Crippen LogP contribution in [0.3, 0.4) is 0 Å². The first-order valence-electron chi connectivity index (χ1n) is 13.4. The van der Waals surface area contributed by atoms with E-state index in [0.29, 0.717) is 37.6 Å². The number of hydrogen-bond donors (Lipinski definition) is 0. The molecule has 1 heterocycles. The van der Waals surface area contributed by atoms with Gasteiger partial charge < -0.3 is 28.3 Å². The van der Waals surface area contributed by atoms with Crippen LogP contribution in [0.1, 0.15) is 23.8 Å². The maximum Gasteiger partial charge on any atom is 0.325 e. The average molecular weight is 561 g/mol. The molecule has 0 spiro atoms. The Bertz CT molecular complexity index is 1430. The summed E-state index contributed by atoms with van der Waals surface area (Å²) in [6.07, 6.45) is 0. The van der Waals surface area contributed by atoms with E-state index in [0.717, 1.165) is 33.7 Å². The van der Waals surface area contributed by atoms with Crippen molar-refractivity contribution in [2.45, 2.75) is 26.6 Å². The SMILES string of the molecule is CCOC(=O)CN(Cc1ccc(OC)cc1)c1ccc2oc(CN(CC(=O)OC)Cc3ccc(OC)cc3)cc2c1. The zero-order valence-electron chi connectivity index (χ0n) is 23.9. The Morgan fingerprint density at radius 1 is 0.732 bits per heavy atom. The van der Waals surface area contributed by atoms with Crippen LogP contribution in [-0.2, 0) is 38.7 Å². The average Bonchev–Trinajstić information content (AvgIpc) is 3.39. The quantitative estimate of drug-likeness (QED) is 0.193. The second-order valence-electron chi connectivity index (χ2n) is 9.51. The topological polar surface area (TPSA) is 90.7 Å². The van der Waals surface area contributed by atoms with E-state index in [2.05, 4.69) is 0 Å². The predicted molar refractivity (Wildman–Crippen MR) is 156 cm³/mol. The molecule has 0 N–H and O–H groups in total. The van der Waals surface area contributed by atoms with E-state index in [1.54, 1.807) is 21.1 Å². The lowest BCUT2D eigenvalue weighted by Gasteiger charge is -2.24. The Labute approximate surface area is 240 Å². The smallest absolute Gasteiger partial charge is 0.325 e. The van der Waals surface area contributed by atoms with Gasteiger partial charge in [0.15, 0.2) is 0 Å². The van der Waals surface area contributed by atoms with Gasteiger partial charge in [0.25, 0.3) is 0 Å². The molecule has 3 aromatic carbocycles. The molecular formula is C32H36N2O7. The van der Waals surface area contributed by atoms with Gasteiger partial charge in [0, 0.05) is 24.2 Å². The van der Waals surface area contributed by atoms with Gasteiger partial charge in [-0.2, -0.15) is 0 Å². The molecule has 0 saturated heterocycles. The minimum atomic E-state index is -0.329. The molecule has 0 aliphatic rings. The van der Waals surface area contributed by atoms with Gasteiger partial charge in [-0.25, -0.2) is 0 Å². The van der Waals surface area contributed by atoms with Gasteiger partial charge >= 0.3 is 11.9 Å². The number of hydrogen-bond acceptors (Lipinski definition) is 9. The molecule has 4 rings (SSSR count). The van der Waals surface area contributed by atoms with E-state index in [4.69, 9.17) is 23.4 Å². The number of furan rings is 1. The van der Waals surface area contributed by atoms with Crippen molar-refractivity contribution in [2.24, 2.45) is 0 Å². The van der Waals surface area contributed by atoms with Crippen LogP contribution in [0, 0.1) is 0 Å². The number of benzene rings is 3. The molecule has 0 unspecified atom stereocenters. The highest BCUT2D eigenvalue weighted by Gasteiger charge is 2.18. The molecule has 0 amide bonds. The van der Waals surface area contributed by atoms with Crippen LogP contribution in [0.15, 0.2) is 77.2 Å². The maximum atomic E-state index is 12.5. The summed E-state index contributed by atoms with van der Waals surface area (Å²) in [6.45, 7) is 3.76. The fourth-order valence-corrected chi connectivity index (χ4v) is 4.54. The third kappa shape index (κ3) is 8.25. The highest BCUT2D eigenvalue weighted by molar-refractivity contribution is 5.84. The van der Waals surface area contributed by atoms with Crippen LogP contribution < -0.4 is 14.4 Å². The lowest BCUT2D eigenvalue weighted by Crippen LogP contribution is -2.30. The molecule has 0 aliphatic carbocycles. The van der Waals surface area contributed by atoms with Gasteiger partial charge in [-0.15, -0.1) is 0 Å². The minimum absolute atomic E-state index is 0.102. The summed E-state index contributed by atoms with van der Waals surface area (Å²) in [7, 11) is 4.63. The normalized spacial score (nSPS) is 11.0. The summed E-state index contributed by atoms with van der Waals surface area (Å²) in [6, 6.07) is 23.3. The van der Waals surface area contributed by atoms with Crippen molar-refractivity contribution in [3.8, 4) is 11.5 Å². The molecule has 0 bridgehead atoms. The second kappa shape index (κ2) is 14.2. The predicted octanol–water partition coefficient (Wildman–Crippen LogP) is 5.19. The number of anilines is 1. The summed E-state index contributed by atoms with van der Waals surface area (Å²) in [5.41, 5.74) is 3.63. The Morgan fingerprint density at radius 2 is 1.37 bits per heavy atom. The first-order valence-corrected chi connectivity index (χ1v) is 13.4. The highest BCUT2D eigenvalue weighted by Crippen LogP contribution is 2.28. The lowest BCUT2D eigenvalue weighted by atomic mass is 10.1. The molecule has 9 nitrogen and oxygen atoms in total. The Hall–Kier alpha value is -4.50. The molecule has 0 aliphatic heterocycles. The molecule has 0 saturated carbocycles. The van der Waals surface area contributed by atoms with E-state index in [1.165, 1.54) is 7.11 Å². The second-order valence-corrected chi connectivity index (χ2v) is 9.51. The number of esters is 2. The van der Waals surface area contributed by atoms with Crippen LogP contribution >= 0.6 is 0 Å². The van der Waals surface area contributed by atoms with Gasteiger partial charge in [-0.1, -0.05) is 24.3 Å². The van der Waals surface area contributed by atoms with Gasteiger partial charge in [0.1, 0.15) is 29.4 Å². The van der Waals surface area contributed by atoms with Crippen molar-refractivity contribution in [3.63, 3.8) is 0 Å². The Kier molecular flexibility index (Phi) is 10.2. The van der Waals surface area contributed by atoms with Crippen molar-refractivity contribution in [2.75, 3.05) is 45.9 Å². The molecule has 0 radical (unpaired) electrons. The third-order valence-corrected chi connectivity index (χ3v) is 6.60. The number of carbonyl (C=O) groups excluding carboxylic acids is 2. The van der Waals surface area contributed by atoms with Crippen molar-refractivity contribution in [1.29, 1.82) is 0 Å². The maximum absolute atomic E-state index is 12.5. The summed E-state index contributed by atoms with van der Waals surface area (Å²) in [4.78, 5) is 28.5. The van der Waals surface area contributed by atoms with E-state index < -0.39 is 0 Å². The first-order chi connectivity index (χ1) is 19.9. The van der Waals surface area contributed by atoms with E-state index in [-0.39, 0.29) is 25.0 Å². The molecule has 9 heteroatoms. The van der Waals surface area contributed by atoms with Crippen LogP contribution in [-0.4, -0.2) is 57.9 Å².